The van der Waals surface area contributed by atoms with E-state index in [0.717, 1.165) is 48.6 Å². The molecule has 15 nitrogen and oxygen atoms in total. The van der Waals surface area contributed by atoms with Crippen molar-refractivity contribution in [3.8, 4) is 23.0 Å². The number of benzene rings is 2. The van der Waals surface area contributed by atoms with E-state index in [1.807, 2.05) is 0 Å². The number of aliphatic hydroxyl groups is 1. The molecule has 1 aliphatic carbocycles. The summed E-state index contributed by atoms with van der Waals surface area (Å²) in [5.41, 5.74) is -2.17. The van der Waals surface area contributed by atoms with Crippen molar-refractivity contribution in [3.05, 3.63) is 59.7 Å². The first-order valence-corrected chi connectivity index (χ1v) is 12.4. The van der Waals surface area contributed by atoms with Crippen LogP contribution in [0.4, 0.5) is 0 Å². The molecule has 1 fully saturated rings. The summed E-state index contributed by atoms with van der Waals surface area (Å²) in [6, 6.07) is 7.18. The second-order valence-corrected chi connectivity index (χ2v) is 9.38. The lowest BCUT2D eigenvalue weighted by Gasteiger charge is -2.42. The third-order valence-corrected chi connectivity index (χ3v) is 6.13. The third kappa shape index (κ3) is 8.71. The maximum atomic E-state index is 12.6. The number of hydrogen-bond donors (Lipinski definition) is 7. The Kier molecular flexibility index (Phi) is 9.95. The van der Waals surface area contributed by atoms with E-state index in [0.29, 0.717) is 0 Å². The molecule has 0 spiro atoms. The molecule has 0 saturated heterocycles. The molecule has 0 unspecified atom stereocenters. The molecular weight excluding hydrogens is 576 g/mol. The highest BCUT2D eigenvalue weighted by molar-refractivity contribution is 5.91. The van der Waals surface area contributed by atoms with Crippen LogP contribution in [0.15, 0.2) is 48.6 Å². The van der Waals surface area contributed by atoms with E-state index in [1.165, 1.54) is 12.1 Å². The maximum Gasteiger partial charge on any atom is 0.335 e. The quantitative estimate of drug-likeness (QED) is 0.0659. The second kappa shape index (κ2) is 13.4. The van der Waals surface area contributed by atoms with Crippen LogP contribution < -0.4 is 0 Å². The van der Waals surface area contributed by atoms with Gasteiger partial charge < -0.3 is 50.0 Å². The molecule has 0 bridgehead atoms. The average Bonchev–Trinajstić information content (AvgIpc) is 2.91. The lowest BCUT2D eigenvalue weighted by molar-refractivity contribution is -0.213. The van der Waals surface area contributed by atoms with Crippen molar-refractivity contribution in [2.45, 2.75) is 43.2 Å². The van der Waals surface area contributed by atoms with E-state index in [2.05, 4.69) is 0 Å². The monoisotopic (exact) mass is 602 g/mol. The molecule has 0 amide bonds. The minimum Gasteiger partial charge on any atom is -0.504 e. The number of hydrogen-bond acceptors (Lipinski definition) is 13. The number of ether oxygens (including phenoxy) is 3. The first kappa shape index (κ1) is 32.0. The minimum absolute atomic E-state index is 0.239. The number of carboxylic acids is 2. The number of phenolic OH excluding ortho intramolecular Hbond substituents is 4. The highest BCUT2D eigenvalue weighted by Crippen LogP contribution is 2.35. The van der Waals surface area contributed by atoms with Crippen LogP contribution >= 0.6 is 0 Å². The van der Waals surface area contributed by atoms with Crippen LogP contribution in [0.5, 0.6) is 23.0 Å². The van der Waals surface area contributed by atoms with Gasteiger partial charge in [-0.25, -0.2) is 14.4 Å². The molecule has 2 aromatic rings. The van der Waals surface area contributed by atoms with Crippen molar-refractivity contribution in [2.75, 3.05) is 0 Å². The first-order valence-electron chi connectivity index (χ1n) is 12.4. The predicted octanol–water partition coefficient (Wildman–Crippen LogP) is 1.06. The van der Waals surface area contributed by atoms with E-state index in [1.54, 1.807) is 0 Å². The predicted molar refractivity (Wildman–Crippen MR) is 141 cm³/mol. The van der Waals surface area contributed by atoms with Gasteiger partial charge in [-0.1, -0.05) is 12.1 Å². The topological polar surface area (TPSA) is 255 Å². The Hall–Kier alpha value is -5.57. The molecule has 0 aliphatic heterocycles. The number of carbonyl (C=O) groups excluding carboxylic acids is 3. The summed E-state index contributed by atoms with van der Waals surface area (Å²) in [4.78, 5) is 60.4. The molecule has 1 aliphatic rings. The summed E-state index contributed by atoms with van der Waals surface area (Å²) in [5.74, 6) is -8.81. The Labute approximate surface area is 242 Å². The highest BCUT2D eigenvalue weighted by Gasteiger charge is 2.54. The van der Waals surface area contributed by atoms with Crippen molar-refractivity contribution >= 4 is 42.0 Å². The van der Waals surface area contributed by atoms with Gasteiger partial charge >= 0.3 is 29.8 Å². The van der Waals surface area contributed by atoms with E-state index in [9.17, 15) is 54.6 Å². The van der Waals surface area contributed by atoms with Crippen LogP contribution in [0.3, 0.4) is 0 Å². The first-order chi connectivity index (χ1) is 20.2. The van der Waals surface area contributed by atoms with Crippen LogP contribution in [0.2, 0.25) is 0 Å². The maximum absolute atomic E-state index is 12.6. The highest BCUT2D eigenvalue weighted by atomic mass is 16.6. The Balaban J connectivity index is 1.88. The molecule has 2 aromatic carbocycles. The standard InChI is InChI=1S/C28H26O15/c29-16-5-1-14(9-18(16)31)3-7-23(35)41-20-12-28(40,27(38)39)13-21(26(20)43-25(37)11-22(33)34)42-24(36)8-4-15-2-6-17(30)19(32)10-15/h1-10,20-21,26,29-32,40H,11-13H2,(H,33,34)(H,38,39)/b7-3+,8-4+/t20-,21-,26?,28?/m1/s1. The number of esters is 3. The van der Waals surface area contributed by atoms with Gasteiger partial charge in [-0.05, 0) is 47.5 Å². The smallest absolute Gasteiger partial charge is 0.335 e. The molecule has 2 atom stereocenters. The molecule has 43 heavy (non-hydrogen) atoms. The molecule has 7 N–H and O–H groups in total. The molecule has 1 saturated carbocycles. The second-order valence-electron chi connectivity index (χ2n) is 9.38. The van der Waals surface area contributed by atoms with E-state index in [4.69, 9.17) is 19.3 Å². The molecule has 0 radical (unpaired) electrons. The number of aliphatic carboxylic acids is 2. The fourth-order valence-electron chi connectivity index (χ4n) is 4.08. The van der Waals surface area contributed by atoms with Crippen molar-refractivity contribution < 1.29 is 73.9 Å². The fourth-order valence-corrected chi connectivity index (χ4v) is 4.08. The van der Waals surface area contributed by atoms with Crippen LogP contribution in [-0.2, 0) is 38.2 Å². The summed E-state index contributed by atoms with van der Waals surface area (Å²) in [5, 5.41) is 67.4. The lowest BCUT2D eigenvalue weighted by atomic mass is 9.79. The van der Waals surface area contributed by atoms with Crippen molar-refractivity contribution in [1.29, 1.82) is 0 Å². The van der Waals surface area contributed by atoms with Crippen molar-refractivity contribution in [1.82, 2.24) is 0 Å². The normalized spacial score (nSPS) is 21.7. The van der Waals surface area contributed by atoms with Crippen molar-refractivity contribution in [2.24, 2.45) is 0 Å². The van der Waals surface area contributed by atoms with Crippen LogP contribution in [0.25, 0.3) is 12.2 Å². The SMILES string of the molecule is O=C(O)CC(=O)OC1[C@H](OC(=O)/C=C/c2ccc(O)c(O)c2)CC(O)(C(=O)O)C[C@H]1OC(=O)/C=C/c1ccc(O)c(O)c1. The van der Waals surface area contributed by atoms with Crippen LogP contribution in [0.1, 0.15) is 30.4 Å². The zero-order valence-corrected chi connectivity index (χ0v) is 22.0. The summed E-state index contributed by atoms with van der Waals surface area (Å²) in [6.45, 7) is 0. The Morgan fingerprint density at radius 3 is 1.53 bits per heavy atom. The number of carboxylic acid groups (broad SMARTS) is 2. The number of rotatable bonds is 10. The minimum atomic E-state index is -2.65. The molecule has 0 heterocycles. The van der Waals surface area contributed by atoms with Crippen LogP contribution in [0, 0.1) is 0 Å². The van der Waals surface area contributed by atoms with E-state index in [-0.39, 0.29) is 11.1 Å². The lowest BCUT2D eigenvalue weighted by Crippen LogP contribution is -2.59. The summed E-state index contributed by atoms with van der Waals surface area (Å²) < 4.78 is 15.6. The van der Waals surface area contributed by atoms with Gasteiger partial charge in [-0.3, -0.25) is 9.59 Å². The summed E-state index contributed by atoms with van der Waals surface area (Å²) >= 11 is 0. The van der Waals surface area contributed by atoms with E-state index < -0.39 is 96.0 Å². The number of carbonyl (C=O) groups is 5. The van der Waals surface area contributed by atoms with Gasteiger partial charge in [0.25, 0.3) is 0 Å². The zero-order chi connectivity index (χ0) is 31.9. The summed E-state index contributed by atoms with van der Waals surface area (Å²) in [6.07, 6.45) is -4.10. The molecule has 0 aromatic heterocycles. The molecular formula is C28H26O15. The molecule has 15 heteroatoms. The molecule has 228 valence electrons. The van der Waals surface area contributed by atoms with Gasteiger partial charge in [0.2, 0.25) is 0 Å². The zero-order valence-electron chi connectivity index (χ0n) is 22.0. The largest absolute Gasteiger partial charge is 0.504 e. The van der Waals surface area contributed by atoms with Crippen LogP contribution in [-0.4, -0.2) is 89.5 Å². The van der Waals surface area contributed by atoms with Crippen molar-refractivity contribution in [3.63, 3.8) is 0 Å². The number of aromatic hydroxyl groups is 4. The van der Waals surface area contributed by atoms with Gasteiger partial charge in [0, 0.05) is 25.0 Å². The Bertz CT molecular complexity index is 1390. The molecule has 3 rings (SSSR count). The van der Waals surface area contributed by atoms with E-state index >= 15 is 0 Å². The Morgan fingerprint density at radius 1 is 0.721 bits per heavy atom. The van der Waals surface area contributed by atoms with Gasteiger partial charge in [0.15, 0.2) is 34.7 Å². The van der Waals surface area contributed by atoms with Gasteiger partial charge in [-0.2, -0.15) is 0 Å². The summed E-state index contributed by atoms with van der Waals surface area (Å²) in [7, 11) is 0. The van der Waals surface area contributed by atoms with Gasteiger partial charge in [-0.15, -0.1) is 0 Å². The fraction of sp³-hybridized carbons (Fsp3) is 0.250. The number of phenols is 4. The Morgan fingerprint density at radius 2 is 1.16 bits per heavy atom. The average molecular weight is 603 g/mol. The van der Waals surface area contributed by atoms with Gasteiger partial charge in [0.05, 0.1) is 0 Å². The van der Waals surface area contributed by atoms with Gasteiger partial charge in [0.1, 0.15) is 18.6 Å². The third-order valence-electron chi connectivity index (χ3n) is 6.13.